The Morgan fingerprint density at radius 1 is 1.30 bits per heavy atom. The smallest absolute Gasteiger partial charge is 0.243 e. The van der Waals surface area contributed by atoms with Crippen LogP contribution in [0, 0.1) is 5.82 Å². The lowest BCUT2D eigenvalue weighted by molar-refractivity contribution is 0.334. The van der Waals surface area contributed by atoms with Crippen LogP contribution < -0.4 is 10.5 Å². The largest absolute Gasteiger partial charge is 0.399 e. The Morgan fingerprint density at radius 3 is 2.70 bits per heavy atom. The maximum atomic E-state index is 13.5. The van der Waals surface area contributed by atoms with E-state index < -0.39 is 20.7 Å². The predicted octanol–water partition coefficient (Wildman–Crippen LogP) is 1.17. The lowest BCUT2D eigenvalue weighted by Crippen LogP contribution is -2.29. The maximum Gasteiger partial charge on any atom is 0.243 e. The molecule has 0 amide bonds. The van der Waals surface area contributed by atoms with Crippen molar-refractivity contribution in [2.24, 2.45) is 0 Å². The minimum Gasteiger partial charge on any atom is -0.399 e. The summed E-state index contributed by atoms with van der Waals surface area (Å²) in [6, 6.07) is 3.54. The van der Waals surface area contributed by atoms with Crippen LogP contribution in [0.3, 0.4) is 0 Å². The molecule has 0 spiro atoms. The Balaban J connectivity index is 1.88. The second-order valence-electron chi connectivity index (χ2n) is 4.99. The fourth-order valence-corrected chi connectivity index (χ4v) is 3.50. The number of anilines is 1. The molecule has 0 atom stereocenters. The van der Waals surface area contributed by atoms with Crippen LogP contribution in [0.15, 0.2) is 23.1 Å². The van der Waals surface area contributed by atoms with Crippen molar-refractivity contribution in [1.29, 1.82) is 0 Å². The zero-order valence-electron chi connectivity index (χ0n) is 11.3. The first-order valence-electron chi connectivity index (χ1n) is 6.76. The molecule has 1 aliphatic heterocycles. The van der Waals surface area contributed by atoms with E-state index in [4.69, 9.17) is 5.73 Å². The second-order valence-corrected chi connectivity index (χ2v) is 6.73. The summed E-state index contributed by atoms with van der Waals surface area (Å²) in [5, 5.41) is 0. The van der Waals surface area contributed by atoms with E-state index >= 15 is 0 Å². The molecular formula is C13H20FN3O2S. The van der Waals surface area contributed by atoms with Gasteiger partial charge in [-0.25, -0.2) is 17.5 Å². The first kappa shape index (κ1) is 15.2. The van der Waals surface area contributed by atoms with Crippen molar-refractivity contribution >= 4 is 15.7 Å². The number of nitrogens with two attached hydrogens (primary N) is 1. The van der Waals surface area contributed by atoms with E-state index in [1.54, 1.807) is 0 Å². The van der Waals surface area contributed by atoms with Gasteiger partial charge in [0.2, 0.25) is 10.0 Å². The Hall–Kier alpha value is -1.18. The molecule has 2 rings (SSSR count). The van der Waals surface area contributed by atoms with Crippen LogP contribution in [0.5, 0.6) is 0 Å². The van der Waals surface area contributed by atoms with Gasteiger partial charge < -0.3 is 10.6 Å². The molecule has 0 aromatic heterocycles. The van der Waals surface area contributed by atoms with E-state index in [0.717, 1.165) is 31.8 Å². The summed E-state index contributed by atoms with van der Waals surface area (Å²) >= 11 is 0. The van der Waals surface area contributed by atoms with Gasteiger partial charge in [0.15, 0.2) is 0 Å². The molecule has 1 aromatic rings. The van der Waals surface area contributed by atoms with Crippen molar-refractivity contribution in [3.05, 3.63) is 24.0 Å². The molecule has 0 unspecified atom stereocenters. The molecule has 1 heterocycles. The monoisotopic (exact) mass is 301 g/mol. The maximum absolute atomic E-state index is 13.5. The number of nitrogens with zero attached hydrogens (tertiary/aromatic N) is 1. The molecule has 7 heteroatoms. The van der Waals surface area contributed by atoms with Gasteiger partial charge in [-0.2, -0.15) is 0 Å². The molecule has 0 aliphatic carbocycles. The number of halogens is 1. The fraction of sp³-hybridized carbons (Fsp3) is 0.538. The van der Waals surface area contributed by atoms with Crippen LogP contribution in [-0.2, 0) is 10.0 Å². The lowest BCUT2D eigenvalue weighted by atomic mass is 10.3. The Labute approximate surface area is 119 Å². The number of benzene rings is 1. The van der Waals surface area contributed by atoms with E-state index in [1.165, 1.54) is 18.9 Å². The summed E-state index contributed by atoms with van der Waals surface area (Å²) in [7, 11) is -3.83. The lowest BCUT2D eigenvalue weighted by Gasteiger charge is -2.14. The van der Waals surface area contributed by atoms with E-state index in [2.05, 4.69) is 9.62 Å². The van der Waals surface area contributed by atoms with Crippen molar-refractivity contribution in [3.8, 4) is 0 Å². The molecule has 0 saturated carbocycles. The molecule has 1 aliphatic rings. The average Bonchev–Trinajstić information content (AvgIpc) is 2.90. The highest BCUT2D eigenvalue weighted by Gasteiger charge is 2.19. The van der Waals surface area contributed by atoms with Crippen molar-refractivity contribution in [2.75, 3.05) is 31.9 Å². The first-order chi connectivity index (χ1) is 9.49. The number of nitrogen functional groups attached to an aromatic ring is 1. The summed E-state index contributed by atoms with van der Waals surface area (Å²) in [5.41, 5.74) is 5.72. The predicted molar refractivity (Wildman–Crippen MR) is 76.3 cm³/mol. The molecule has 1 aromatic carbocycles. The van der Waals surface area contributed by atoms with Gasteiger partial charge in [0.25, 0.3) is 0 Å². The van der Waals surface area contributed by atoms with Crippen molar-refractivity contribution < 1.29 is 12.8 Å². The minimum atomic E-state index is -3.83. The number of sulfonamides is 1. The number of hydrogen-bond acceptors (Lipinski definition) is 4. The van der Waals surface area contributed by atoms with Gasteiger partial charge in [0.1, 0.15) is 10.7 Å². The third-order valence-electron chi connectivity index (χ3n) is 3.39. The highest BCUT2D eigenvalue weighted by Crippen LogP contribution is 2.17. The molecule has 0 radical (unpaired) electrons. The number of likely N-dealkylation sites (tertiary alicyclic amines) is 1. The molecule has 3 N–H and O–H groups in total. The van der Waals surface area contributed by atoms with E-state index in [1.807, 2.05) is 0 Å². The van der Waals surface area contributed by atoms with Crippen LogP contribution in [0.2, 0.25) is 0 Å². The average molecular weight is 301 g/mol. The van der Waals surface area contributed by atoms with Crippen LogP contribution in [0.25, 0.3) is 0 Å². The van der Waals surface area contributed by atoms with Crippen LogP contribution in [-0.4, -0.2) is 39.5 Å². The van der Waals surface area contributed by atoms with Gasteiger partial charge in [-0.1, -0.05) is 0 Å². The van der Waals surface area contributed by atoms with Gasteiger partial charge in [0.05, 0.1) is 0 Å². The van der Waals surface area contributed by atoms with Crippen molar-refractivity contribution in [3.63, 3.8) is 0 Å². The minimum absolute atomic E-state index is 0.226. The highest BCUT2D eigenvalue weighted by molar-refractivity contribution is 7.89. The number of rotatable bonds is 6. The summed E-state index contributed by atoms with van der Waals surface area (Å²) in [5.74, 6) is -0.786. The SMILES string of the molecule is Nc1ccc(F)c(S(=O)(=O)NCCCN2CCCC2)c1. The Kier molecular flexibility index (Phi) is 4.95. The molecule has 0 bridgehead atoms. The normalized spacial score (nSPS) is 16.6. The Morgan fingerprint density at radius 2 is 2.00 bits per heavy atom. The second kappa shape index (κ2) is 6.51. The van der Waals surface area contributed by atoms with Gasteiger partial charge in [-0.3, -0.25) is 0 Å². The molecule has 5 nitrogen and oxygen atoms in total. The van der Waals surface area contributed by atoms with Gasteiger partial charge in [0, 0.05) is 12.2 Å². The van der Waals surface area contributed by atoms with Crippen LogP contribution in [0.1, 0.15) is 19.3 Å². The topological polar surface area (TPSA) is 75.4 Å². The third-order valence-corrected chi connectivity index (χ3v) is 4.86. The molecule has 112 valence electrons. The molecule has 1 saturated heterocycles. The number of hydrogen-bond donors (Lipinski definition) is 2. The summed E-state index contributed by atoms with van der Waals surface area (Å²) in [4.78, 5) is 1.91. The van der Waals surface area contributed by atoms with E-state index in [0.29, 0.717) is 13.0 Å². The van der Waals surface area contributed by atoms with Crippen molar-refractivity contribution in [2.45, 2.75) is 24.2 Å². The standard InChI is InChI=1S/C13H20FN3O2S/c14-12-5-4-11(15)10-13(12)20(18,19)16-6-3-9-17-7-1-2-8-17/h4-5,10,16H,1-3,6-9,15H2. The third kappa shape index (κ3) is 3.91. The van der Waals surface area contributed by atoms with Crippen LogP contribution >= 0.6 is 0 Å². The zero-order chi connectivity index (χ0) is 14.6. The Bertz CT molecular complexity index is 557. The summed E-state index contributed by atoms with van der Waals surface area (Å²) in [6.45, 7) is 3.32. The van der Waals surface area contributed by atoms with Crippen molar-refractivity contribution in [1.82, 2.24) is 9.62 Å². The summed E-state index contributed by atoms with van der Waals surface area (Å²) < 4.78 is 39.9. The first-order valence-corrected chi connectivity index (χ1v) is 8.24. The van der Waals surface area contributed by atoms with Gasteiger partial charge in [-0.05, 0) is 57.1 Å². The van der Waals surface area contributed by atoms with Crippen LogP contribution in [0.4, 0.5) is 10.1 Å². The zero-order valence-corrected chi connectivity index (χ0v) is 12.1. The van der Waals surface area contributed by atoms with E-state index in [-0.39, 0.29) is 5.69 Å². The van der Waals surface area contributed by atoms with Gasteiger partial charge >= 0.3 is 0 Å². The summed E-state index contributed by atoms with van der Waals surface area (Å²) in [6.07, 6.45) is 3.13. The molecule has 20 heavy (non-hydrogen) atoms. The van der Waals surface area contributed by atoms with E-state index in [9.17, 15) is 12.8 Å². The number of nitrogens with one attached hydrogen (secondary N) is 1. The molecule has 1 fully saturated rings. The quantitative estimate of drug-likeness (QED) is 0.611. The fourth-order valence-electron chi connectivity index (χ4n) is 2.32. The highest BCUT2D eigenvalue weighted by atomic mass is 32.2. The van der Waals surface area contributed by atoms with Gasteiger partial charge in [-0.15, -0.1) is 0 Å². The molecular weight excluding hydrogens is 281 g/mol.